The summed E-state index contributed by atoms with van der Waals surface area (Å²) >= 11 is 0. The van der Waals surface area contributed by atoms with Crippen LogP contribution in [0, 0.1) is 0 Å². The predicted octanol–water partition coefficient (Wildman–Crippen LogP) is 2.34. The van der Waals surface area contributed by atoms with E-state index < -0.39 is 9.84 Å². The maximum atomic E-state index is 12.2. The Bertz CT molecular complexity index is 1080. The van der Waals surface area contributed by atoms with Crippen LogP contribution in [0.3, 0.4) is 0 Å². The Hall–Kier alpha value is -2.54. The van der Waals surface area contributed by atoms with Crippen molar-refractivity contribution in [3.63, 3.8) is 0 Å². The molecule has 0 saturated carbocycles. The second-order valence-electron chi connectivity index (χ2n) is 5.59. The topological polar surface area (TPSA) is 81.2 Å². The largest absolute Gasteiger partial charge is 0.493 e. The van der Waals surface area contributed by atoms with Gasteiger partial charge in [-0.25, -0.2) is 8.42 Å². The van der Waals surface area contributed by atoms with Crippen molar-refractivity contribution in [3.8, 4) is 16.9 Å². The van der Waals surface area contributed by atoms with Crippen LogP contribution in [0.1, 0.15) is 6.92 Å². The molecule has 0 aliphatic rings. The predicted molar refractivity (Wildman–Crippen MR) is 93.3 cm³/mol. The second kappa shape index (κ2) is 5.83. The first kappa shape index (κ1) is 16.3. The number of aryl methyl sites for hydroxylation is 1. The maximum absolute atomic E-state index is 12.2. The summed E-state index contributed by atoms with van der Waals surface area (Å²) < 4.78 is 31.0. The zero-order valence-electron chi connectivity index (χ0n) is 13.7. The molecular weight excluding hydrogens is 328 g/mol. The van der Waals surface area contributed by atoms with Crippen molar-refractivity contribution in [1.82, 2.24) is 9.55 Å². The molecule has 0 aliphatic carbocycles. The number of nitrogens with zero attached hydrogens (tertiary/aromatic N) is 1. The van der Waals surface area contributed by atoms with Crippen molar-refractivity contribution in [2.24, 2.45) is 7.05 Å². The van der Waals surface area contributed by atoms with Crippen molar-refractivity contribution in [3.05, 3.63) is 47.0 Å². The molecule has 126 valence electrons. The molecule has 0 spiro atoms. The van der Waals surface area contributed by atoms with Crippen LogP contribution in [-0.2, 0) is 16.9 Å². The van der Waals surface area contributed by atoms with E-state index in [2.05, 4.69) is 4.98 Å². The summed E-state index contributed by atoms with van der Waals surface area (Å²) in [6.07, 6.45) is 4.55. The van der Waals surface area contributed by atoms with E-state index in [1.54, 1.807) is 37.6 Å². The van der Waals surface area contributed by atoms with E-state index in [4.69, 9.17) is 4.74 Å². The molecule has 0 unspecified atom stereocenters. The molecule has 2 aromatic heterocycles. The second-order valence-corrected chi connectivity index (χ2v) is 7.60. The van der Waals surface area contributed by atoms with Gasteiger partial charge in [-0.15, -0.1) is 0 Å². The van der Waals surface area contributed by atoms with Crippen LogP contribution in [0.2, 0.25) is 0 Å². The van der Waals surface area contributed by atoms with Crippen molar-refractivity contribution >= 4 is 20.7 Å². The molecule has 0 aliphatic heterocycles. The van der Waals surface area contributed by atoms with Gasteiger partial charge in [0.25, 0.3) is 5.56 Å². The van der Waals surface area contributed by atoms with Crippen LogP contribution < -0.4 is 10.3 Å². The lowest BCUT2D eigenvalue weighted by Crippen LogP contribution is -2.16. The summed E-state index contributed by atoms with van der Waals surface area (Å²) in [5.74, 6) is 0.575. The molecule has 0 saturated heterocycles. The Labute approximate surface area is 139 Å². The molecular formula is C17H18N2O4S. The first-order chi connectivity index (χ1) is 11.3. The first-order valence-corrected chi connectivity index (χ1v) is 9.36. The first-order valence-electron chi connectivity index (χ1n) is 7.47. The summed E-state index contributed by atoms with van der Waals surface area (Å²) in [4.78, 5) is 15.4. The standard InChI is InChI=1S/C17H18N2O4S/c1-4-23-15-6-5-11(24(3,21)22)9-13(15)14-10-19(2)17(20)16-12(14)7-8-18-16/h5-10,18H,4H2,1-3H3. The van der Waals surface area contributed by atoms with Crippen LogP contribution in [-0.4, -0.2) is 30.8 Å². The maximum Gasteiger partial charge on any atom is 0.274 e. The van der Waals surface area contributed by atoms with Crippen LogP contribution >= 0.6 is 0 Å². The van der Waals surface area contributed by atoms with Gasteiger partial charge in [-0.3, -0.25) is 4.79 Å². The fourth-order valence-electron chi connectivity index (χ4n) is 2.72. The van der Waals surface area contributed by atoms with Crippen molar-refractivity contribution < 1.29 is 13.2 Å². The van der Waals surface area contributed by atoms with E-state index in [0.717, 1.165) is 10.9 Å². The summed E-state index contributed by atoms with van der Waals surface area (Å²) in [7, 11) is -1.70. The molecule has 24 heavy (non-hydrogen) atoms. The van der Waals surface area contributed by atoms with Gasteiger partial charge in [0.2, 0.25) is 0 Å². The minimum Gasteiger partial charge on any atom is -0.493 e. The molecule has 0 atom stereocenters. The summed E-state index contributed by atoms with van der Waals surface area (Å²) in [5, 5.41) is 0.727. The Morgan fingerprint density at radius 3 is 2.62 bits per heavy atom. The number of hydrogen-bond donors (Lipinski definition) is 1. The summed E-state index contributed by atoms with van der Waals surface area (Å²) in [6, 6.07) is 6.57. The molecule has 0 bridgehead atoms. The number of sulfone groups is 1. The lowest BCUT2D eigenvalue weighted by molar-refractivity contribution is 0.341. The minimum atomic E-state index is -3.36. The zero-order chi connectivity index (χ0) is 17.5. The molecule has 1 N–H and O–H groups in total. The Morgan fingerprint density at radius 1 is 1.21 bits per heavy atom. The number of rotatable bonds is 4. The van der Waals surface area contributed by atoms with Gasteiger partial charge in [-0.2, -0.15) is 0 Å². The molecule has 2 heterocycles. The van der Waals surface area contributed by atoms with Crippen molar-refractivity contribution in [2.75, 3.05) is 12.9 Å². The van der Waals surface area contributed by atoms with Gasteiger partial charge in [0.1, 0.15) is 11.3 Å². The van der Waals surface area contributed by atoms with Gasteiger partial charge in [-0.1, -0.05) is 0 Å². The third-order valence-corrected chi connectivity index (χ3v) is 4.97. The number of nitrogens with one attached hydrogen (secondary N) is 1. The summed E-state index contributed by atoms with van der Waals surface area (Å²) in [5.41, 5.74) is 1.71. The van der Waals surface area contributed by atoms with Gasteiger partial charge in [0.05, 0.1) is 11.5 Å². The van der Waals surface area contributed by atoms with Crippen LogP contribution in [0.5, 0.6) is 5.75 Å². The molecule has 3 aromatic rings. The highest BCUT2D eigenvalue weighted by Gasteiger charge is 2.17. The number of pyridine rings is 1. The third kappa shape index (κ3) is 2.71. The normalized spacial score (nSPS) is 11.8. The number of hydrogen-bond acceptors (Lipinski definition) is 4. The number of fused-ring (bicyclic) bond motifs is 1. The fourth-order valence-corrected chi connectivity index (χ4v) is 3.36. The summed E-state index contributed by atoms with van der Waals surface area (Å²) in [6.45, 7) is 2.31. The van der Waals surface area contributed by atoms with Gasteiger partial charge in [0, 0.05) is 42.2 Å². The highest BCUT2D eigenvalue weighted by Crippen LogP contribution is 2.35. The zero-order valence-corrected chi connectivity index (χ0v) is 14.5. The average Bonchev–Trinajstić information content (AvgIpc) is 3.00. The Morgan fingerprint density at radius 2 is 1.96 bits per heavy atom. The highest BCUT2D eigenvalue weighted by molar-refractivity contribution is 7.90. The van der Waals surface area contributed by atoms with E-state index >= 15 is 0 Å². The van der Waals surface area contributed by atoms with Gasteiger partial charge in [0.15, 0.2) is 9.84 Å². The molecule has 3 rings (SSSR count). The number of ether oxygens (including phenoxy) is 1. The number of benzene rings is 1. The lowest BCUT2D eigenvalue weighted by atomic mass is 10.0. The number of H-pyrrole nitrogens is 1. The molecule has 0 fully saturated rings. The van der Waals surface area contributed by atoms with Gasteiger partial charge < -0.3 is 14.3 Å². The molecule has 0 radical (unpaired) electrons. The third-order valence-electron chi connectivity index (χ3n) is 3.86. The Kier molecular flexibility index (Phi) is 3.96. The molecule has 6 nitrogen and oxygen atoms in total. The minimum absolute atomic E-state index is 0.143. The van der Waals surface area contributed by atoms with E-state index in [-0.39, 0.29) is 10.5 Å². The van der Waals surface area contributed by atoms with Crippen molar-refractivity contribution in [1.29, 1.82) is 0 Å². The van der Waals surface area contributed by atoms with Crippen LogP contribution in [0.25, 0.3) is 22.0 Å². The van der Waals surface area contributed by atoms with E-state index in [9.17, 15) is 13.2 Å². The van der Waals surface area contributed by atoms with Crippen LogP contribution in [0.15, 0.2) is 46.3 Å². The smallest absolute Gasteiger partial charge is 0.274 e. The highest BCUT2D eigenvalue weighted by atomic mass is 32.2. The quantitative estimate of drug-likeness (QED) is 0.786. The van der Waals surface area contributed by atoms with Gasteiger partial charge in [-0.05, 0) is 31.2 Å². The van der Waals surface area contributed by atoms with Crippen LogP contribution in [0.4, 0.5) is 0 Å². The monoisotopic (exact) mass is 346 g/mol. The SMILES string of the molecule is CCOc1ccc(S(C)(=O)=O)cc1-c1cn(C)c(=O)c2[nH]ccc12. The Balaban J connectivity index is 2.38. The van der Waals surface area contributed by atoms with E-state index in [0.29, 0.717) is 23.4 Å². The average molecular weight is 346 g/mol. The molecule has 7 heteroatoms. The molecule has 1 aromatic carbocycles. The number of aromatic nitrogens is 2. The van der Waals surface area contributed by atoms with E-state index in [1.807, 2.05) is 6.92 Å². The fraction of sp³-hybridized carbons (Fsp3) is 0.235. The van der Waals surface area contributed by atoms with Crippen molar-refractivity contribution in [2.45, 2.75) is 11.8 Å². The molecule has 0 amide bonds. The van der Waals surface area contributed by atoms with Gasteiger partial charge >= 0.3 is 0 Å². The van der Waals surface area contributed by atoms with E-state index in [1.165, 1.54) is 16.9 Å². The number of aromatic amines is 1. The lowest BCUT2D eigenvalue weighted by Gasteiger charge is -2.14.